The third kappa shape index (κ3) is 4.61. The molecule has 110 valence electrons. The van der Waals surface area contributed by atoms with Crippen LogP contribution in [0.1, 0.15) is 5.56 Å². The number of hydrogen-bond acceptors (Lipinski definition) is 5. The summed E-state index contributed by atoms with van der Waals surface area (Å²) < 4.78 is 22.7. The van der Waals surface area contributed by atoms with E-state index in [1.54, 1.807) is 48.2 Å². The molecule has 2 aromatic rings. The highest BCUT2D eigenvalue weighted by atomic mass is 32.2. The van der Waals surface area contributed by atoms with Crippen molar-refractivity contribution in [1.82, 2.24) is 0 Å². The summed E-state index contributed by atoms with van der Waals surface area (Å²) in [5.41, 5.74) is 1.51. The average molecular weight is 322 g/mol. The maximum absolute atomic E-state index is 11.4. The summed E-state index contributed by atoms with van der Waals surface area (Å²) in [6.45, 7) is 0. The van der Waals surface area contributed by atoms with Gasteiger partial charge in [-0.05, 0) is 35.3 Å². The first-order chi connectivity index (χ1) is 9.86. The normalized spacial score (nSPS) is 11.4. The lowest BCUT2D eigenvalue weighted by molar-refractivity contribution is 0.426. The van der Waals surface area contributed by atoms with E-state index in [-0.39, 0.29) is 0 Å². The van der Waals surface area contributed by atoms with Crippen LogP contribution in [0, 0.1) is 0 Å². The maximum atomic E-state index is 11.4. The van der Waals surface area contributed by atoms with Crippen molar-refractivity contribution in [3.8, 4) is 0 Å². The SMILES string of the molecule is CS(=O)(=O)c1ccc(SCc2ccc(B(O)O)cc2)cc1. The molecule has 0 fully saturated rings. The predicted octanol–water partition coefficient (Wildman–Crippen LogP) is 1.06. The lowest BCUT2D eigenvalue weighted by Crippen LogP contribution is -2.29. The third-order valence-electron chi connectivity index (χ3n) is 2.94. The number of sulfone groups is 1. The monoisotopic (exact) mass is 322 g/mol. The molecule has 0 spiro atoms. The Kier molecular flexibility index (Phi) is 5.11. The van der Waals surface area contributed by atoms with Crippen molar-refractivity contribution >= 4 is 34.2 Å². The molecule has 0 amide bonds. The van der Waals surface area contributed by atoms with E-state index in [0.717, 1.165) is 16.2 Å². The molecule has 0 unspecified atom stereocenters. The van der Waals surface area contributed by atoms with Gasteiger partial charge in [0.2, 0.25) is 0 Å². The van der Waals surface area contributed by atoms with E-state index in [1.807, 2.05) is 12.1 Å². The molecular formula is C14H15BO4S2. The summed E-state index contributed by atoms with van der Waals surface area (Å²) in [5.74, 6) is 0.722. The van der Waals surface area contributed by atoms with Crippen molar-refractivity contribution in [1.29, 1.82) is 0 Å². The van der Waals surface area contributed by atoms with Crippen LogP contribution < -0.4 is 5.46 Å². The van der Waals surface area contributed by atoms with Crippen molar-refractivity contribution in [2.45, 2.75) is 15.5 Å². The lowest BCUT2D eigenvalue weighted by atomic mass is 9.80. The van der Waals surface area contributed by atoms with Gasteiger partial charge in [-0.25, -0.2) is 8.42 Å². The zero-order valence-corrected chi connectivity index (χ0v) is 13.1. The molecule has 7 heteroatoms. The van der Waals surface area contributed by atoms with Crippen LogP contribution in [0.25, 0.3) is 0 Å². The van der Waals surface area contributed by atoms with Gasteiger partial charge in [0.05, 0.1) is 4.90 Å². The number of rotatable bonds is 5. The predicted molar refractivity (Wildman–Crippen MR) is 85.4 cm³/mol. The minimum Gasteiger partial charge on any atom is -0.423 e. The van der Waals surface area contributed by atoms with E-state index in [2.05, 4.69) is 0 Å². The Labute approximate surface area is 128 Å². The first kappa shape index (κ1) is 16.1. The molecule has 0 aliphatic heterocycles. The van der Waals surface area contributed by atoms with E-state index < -0.39 is 17.0 Å². The van der Waals surface area contributed by atoms with Gasteiger partial charge in [-0.3, -0.25) is 0 Å². The van der Waals surface area contributed by atoms with Crippen LogP contribution in [-0.4, -0.2) is 31.8 Å². The van der Waals surface area contributed by atoms with Gasteiger partial charge in [-0.15, -0.1) is 11.8 Å². The highest BCUT2D eigenvalue weighted by molar-refractivity contribution is 7.98. The largest absolute Gasteiger partial charge is 0.488 e. The Bertz CT molecular complexity index is 695. The van der Waals surface area contributed by atoms with E-state index in [0.29, 0.717) is 10.4 Å². The fourth-order valence-electron chi connectivity index (χ4n) is 1.74. The van der Waals surface area contributed by atoms with Crippen LogP contribution in [0.2, 0.25) is 0 Å². The van der Waals surface area contributed by atoms with Gasteiger partial charge in [0.15, 0.2) is 9.84 Å². The first-order valence-corrected chi connectivity index (χ1v) is 9.12. The van der Waals surface area contributed by atoms with Gasteiger partial charge in [-0.2, -0.15) is 0 Å². The Hall–Kier alpha value is -1.28. The minimum absolute atomic E-state index is 0.313. The molecular weight excluding hydrogens is 307 g/mol. The second-order valence-electron chi connectivity index (χ2n) is 4.65. The Morgan fingerprint density at radius 2 is 1.57 bits per heavy atom. The van der Waals surface area contributed by atoms with Crippen molar-refractivity contribution < 1.29 is 18.5 Å². The van der Waals surface area contributed by atoms with Crippen molar-refractivity contribution in [3.63, 3.8) is 0 Å². The smallest absolute Gasteiger partial charge is 0.423 e. The van der Waals surface area contributed by atoms with E-state index in [9.17, 15) is 8.42 Å². The van der Waals surface area contributed by atoms with Crippen LogP contribution in [0.5, 0.6) is 0 Å². The van der Waals surface area contributed by atoms with Crippen LogP contribution >= 0.6 is 11.8 Å². The second-order valence-corrected chi connectivity index (χ2v) is 7.71. The lowest BCUT2D eigenvalue weighted by Gasteiger charge is -2.05. The highest BCUT2D eigenvalue weighted by Crippen LogP contribution is 2.23. The van der Waals surface area contributed by atoms with Gasteiger partial charge >= 0.3 is 7.12 Å². The second kappa shape index (κ2) is 6.66. The molecule has 2 N–H and O–H groups in total. The summed E-state index contributed by atoms with van der Waals surface area (Å²) in [6.07, 6.45) is 1.19. The van der Waals surface area contributed by atoms with Crippen LogP contribution in [0.3, 0.4) is 0 Å². The topological polar surface area (TPSA) is 74.6 Å². The highest BCUT2D eigenvalue weighted by Gasteiger charge is 2.10. The fraction of sp³-hybridized carbons (Fsp3) is 0.143. The summed E-state index contributed by atoms with van der Waals surface area (Å²) in [7, 11) is -4.61. The van der Waals surface area contributed by atoms with Crippen LogP contribution in [-0.2, 0) is 15.6 Å². The molecule has 2 rings (SSSR count). The van der Waals surface area contributed by atoms with Crippen molar-refractivity contribution in [2.75, 3.05) is 6.26 Å². The van der Waals surface area contributed by atoms with Gasteiger partial charge < -0.3 is 10.0 Å². The van der Waals surface area contributed by atoms with E-state index in [4.69, 9.17) is 10.0 Å². The van der Waals surface area contributed by atoms with Gasteiger partial charge in [0.1, 0.15) is 0 Å². The van der Waals surface area contributed by atoms with E-state index >= 15 is 0 Å². The zero-order valence-electron chi connectivity index (χ0n) is 11.4. The van der Waals surface area contributed by atoms with Gasteiger partial charge in [-0.1, -0.05) is 24.3 Å². The van der Waals surface area contributed by atoms with Crippen LogP contribution in [0.4, 0.5) is 0 Å². The molecule has 4 nitrogen and oxygen atoms in total. The summed E-state index contributed by atoms with van der Waals surface area (Å²) in [6, 6.07) is 13.8. The Morgan fingerprint density at radius 1 is 1.00 bits per heavy atom. The zero-order chi connectivity index (χ0) is 15.5. The van der Waals surface area contributed by atoms with Crippen LogP contribution in [0.15, 0.2) is 58.3 Å². The molecule has 0 aromatic heterocycles. The molecule has 0 bridgehead atoms. The van der Waals surface area contributed by atoms with Gasteiger partial charge in [0.25, 0.3) is 0 Å². The number of thioether (sulfide) groups is 1. The molecule has 0 saturated carbocycles. The standard InChI is InChI=1S/C14H15BO4S2/c1-21(18,19)14-8-6-13(7-9-14)20-10-11-2-4-12(5-3-11)15(16)17/h2-9,16-17H,10H2,1H3. The summed E-state index contributed by atoms with van der Waals surface area (Å²) in [5, 5.41) is 18.0. The Balaban J connectivity index is 2.00. The fourth-order valence-corrected chi connectivity index (χ4v) is 3.22. The molecule has 0 heterocycles. The summed E-state index contributed by atoms with van der Waals surface area (Å²) >= 11 is 1.59. The van der Waals surface area contributed by atoms with Gasteiger partial charge in [0, 0.05) is 16.9 Å². The molecule has 0 saturated heterocycles. The molecule has 0 atom stereocenters. The quantitative estimate of drug-likeness (QED) is 0.636. The average Bonchev–Trinajstić information content (AvgIpc) is 2.45. The first-order valence-electron chi connectivity index (χ1n) is 6.24. The Morgan fingerprint density at radius 3 is 2.05 bits per heavy atom. The molecule has 0 radical (unpaired) electrons. The number of benzene rings is 2. The minimum atomic E-state index is -3.16. The van der Waals surface area contributed by atoms with Crippen molar-refractivity contribution in [3.05, 3.63) is 54.1 Å². The van der Waals surface area contributed by atoms with E-state index in [1.165, 1.54) is 6.26 Å². The molecule has 2 aromatic carbocycles. The molecule has 0 aliphatic rings. The molecule has 0 aliphatic carbocycles. The van der Waals surface area contributed by atoms with Crippen molar-refractivity contribution in [2.24, 2.45) is 0 Å². The molecule has 21 heavy (non-hydrogen) atoms. The summed E-state index contributed by atoms with van der Waals surface area (Å²) in [4.78, 5) is 1.29. The maximum Gasteiger partial charge on any atom is 0.488 e. The third-order valence-corrected chi connectivity index (χ3v) is 5.15. The number of hydrogen-bond donors (Lipinski definition) is 2.